The lowest BCUT2D eigenvalue weighted by Crippen LogP contribution is -2.46. The van der Waals surface area contributed by atoms with E-state index in [0.29, 0.717) is 18.9 Å². The summed E-state index contributed by atoms with van der Waals surface area (Å²) >= 11 is 0. The molecule has 116 valence electrons. The third-order valence-corrected chi connectivity index (χ3v) is 3.99. The lowest BCUT2D eigenvalue weighted by molar-refractivity contribution is -0.151. The molecule has 0 aliphatic carbocycles. The first-order valence-corrected chi connectivity index (χ1v) is 7.34. The minimum Gasteiger partial charge on any atom is -0.494 e. The molecule has 1 heterocycles. The van der Waals surface area contributed by atoms with E-state index in [1.54, 1.807) is 12.1 Å². The van der Waals surface area contributed by atoms with Crippen LogP contribution in [0.15, 0.2) is 24.3 Å². The van der Waals surface area contributed by atoms with Gasteiger partial charge in [0.05, 0.1) is 12.0 Å². The van der Waals surface area contributed by atoms with Crippen molar-refractivity contribution in [3.63, 3.8) is 0 Å². The van der Waals surface area contributed by atoms with Crippen LogP contribution in [0.3, 0.4) is 0 Å². The number of hydrogen-bond acceptors (Lipinski definition) is 3. The van der Waals surface area contributed by atoms with Crippen molar-refractivity contribution in [1.29, 1.82) is 0 Å². The lowest BCUT2D eigenvalue weighted by Gasteiger charge is -2.37. The number of carboxylic acids is 1. The van der Waals surface area contributed by atoms with Gasteiger partial charge in [-0.1, -0.05) is 0 Å². The van der Waals surface area contributed by atoms with Crippen LogP contribution in [0.25, 0.3) is 0 Å². The maximum absolute atomic E-state index is 12.7. The molecule has 2 rings (SSSR count). The van der Waals surface area contributed by atoms with Gasteiger partial charge in [-0.2, -0.15) is 0 Å². The molecule has 0 bridgehead atoms. The van der Waals surface area contributed by atoms with Gasteiger partial charge in [-0.25, -0.2) is 4.39 Å². The summed E-state index contributed by atoms with van der Waals surface area (Å²) in [6.07, 6.45) is 2.49. The second-order valence-electron chi connectivity index (χ2n) is 5.90. The Morgan fingerprint density at radius 3 is 2.81 bits per heavy atom. The van der Waals surface area contributed by atoms with Gasteiger partial charge in [-0.15, -0.1) is 0 Å². The van der Waals surface area contributed by atoms with Crippen LogP contribution in [0.5, 0.6) is 5.75 Å². The summed E-state index contributed by atoms with van der Waals surface area (Å²) in [6.45, 7) is 4.73. The van der Waals surface area contributed by atoms with Crippen molar-refractivity contribution in [1.82, 2.24) is 4.90 Å². The van der Waals surface area contributed by atoms with Crippen molar-refractivity contribution in [2.45, 2.75) is 26.2 Å². The van der Waals surface area contributed by atoms with Gasteiger partial charge in [0.15, 0.2) is 0 Å². The third-order valence-electron chi connectivity index (χ3n) is 3.99. The molecule has 1 aliphatic heterocycles. The largest absolute Gasteiger partial charge is 0.494 e. The summed E-state index contributed by atoms with van der Waals surface area (Å²) in [7, 11) is 0. The van der Waals surface area contributed by atoms with E-state index < -0.39 is 11.4 Å². The van der Waals surface area contributed by atoms with Gasteiger partial charge in [0.1, 0.15) is 11.6 Å². The number of aliphatic carboxylic acids is 1. The zero-order valence-electron chi connectivity index (χ0n) is 12.3. The summed E-state index contributed by atoms with van der Waals surface area (Å²) in [5, 5.41) is 9.28. The van der Waals surface area contributed by atoms with Crippen molar-refractivity contribution in [3.05, 3.63) is 30.1 Å². The molecular weight excluding hydrogens is 273 g/mol. The second-order valence-corrected chi connectivity index (χ2v) is 5.90. The number of nitrogens with zero attached hydrogens (tertiary/aromatic N) is 1. The predicted octanol–water partition coefficient (Wildman–Crippen LogP) is 2.78. The fraction of sp³-hybridized carbons (Fsp3) is 0.562. The summed E-state index contributed by atoms with van der Waals surface area (Å²) in [6, 6.07) is 5.96. The molecule has 0 amide bonds. The Balaban J connectivity index is 1.71. The summed E-state index contributed by atoms with van der Waals surface area (Å²) in [5.41, 5.74) is -0.629. The quantitative estimate of drug-likeness (QED) is 0.820. The molecule has 0 saturated carbocycles. The van der Waals surface area contributed by atoms with Crippen LogP contribution in [-0.2, 0) is 4.79 Å². The summed E-state index contributed by atoms with van der Waals surface area (Å²) in [5.74, 6) is -0.330. The highest BCUT2D eigenvalue weighted by atomic mass is 19.1. The Morgan fingerprint density at radius 2 is 2.14 bits per heavy atom. The Hall–Kier alpha value is -1.62. The standard InChI is InChI=1S/C16H22FNO3/c1-16(15(19)20)8-2-9-18(12-16)10-3-11-21-14-6-4-13(17)5-7-14/h4-7H,2-3,8-12H2,1H3,(H,19,20). The highest BCUT2D eigenvalue weighted by Gasteiger charge is 2.37. The van der Waals surface area contributed by atoms with Crippen molar-refractivity contribution >= 4 is 5.97 Å². The van der Waals surface area contributed by atoms with Gasteiger partial charge >= 0.3 is 5.97 Å². The van der Waals surface area contributed by atoms with Gasteiger partial charge in [-0.3, -0.25) is 4.79 Å². The van der Waals surface area contributed by atoms with Crippen molar-refractivity contribution in [3.8, 4) is 5.75 Å². The van der Waals surface area contributed by atoms with E-state index in [9.17, 15) is 14.3 Å². The molecule has 1 aromatic rings. The number of piperidine rings is 1. The topological polar surface area (TPSA) is 49.8 Å². The number of ether oxygens (including phenoxy) is 1. The maximum Gasteiger partial charge on any atom is 0.310 e. The monoisotopic (exact) mass is 295 g/mol. The number of carboxylic acid groups (broad SMARTS) is 1. The van der Waals surface area contributed by atoms with Gasteiger partial charge < -0.3 is 14.7 Å². The van der Waals surface area contributed by atoms with E-state index in [2.05, 4.69) is 4.90 Å². The molecule has 1 fully saturated rings. The van der Waals surface area contributed by atoms with Crippen LogP contribution in [-0.4, -0.2) is 42.2 Å². The normalized spacial score (nSPS) is 23.0. The van der Waals surface area contributed by atoms with Crippen LogP contribution in [0, 0.1) is 11.2 Å². The van der Waals surface area contributed by atoms with Crippen LogP contribution in [0.2, 0.25) is 0 Å². The number of benzene rings is 1. The zero-order valence-corrected chi connectivity index (χ0v) is 12.3. The highest BCUT2D eigenvalue weighted by Crippen LogP contribution is 2.29. The van der Waals surface area contributed by atoms with E-state index in [4.69, 9.17) is 4.74 Å². The van der Waals surface area contributed by atoms with Gasteiger partial charge in [0.25, 0.3) is 0 Å². The predicted molar refractivity (Wildman–Crippen MR) is 77.9 cm³/mol. The minimum atomic E-state index is -0.713. The van der Waals surface area contributed by atoms with Crippen LogP contribution in [0.1, 0.15) is 26.2 Å². The van der Waals surface area contributed by atoms with Crippen LogP contribution in [0.4, 0.5) is 4.39 Å². The number of halogens is 1. The molecule has 1 saturated heterocycles. The first-order chi connectivity index (χ1) is 9.99. The molecule has 1 aromatic carbocycles. The fourth-order valence-corrected chi connectivity index (χ4v) is 2.72. The molecular formula is C16H22FNO3. The molecule has 1 unspecified atom stereocenters. The molecule has 1 atom stereocenters. The first kappa shape index (κ1) is 15.8. The number of carbonyl (C=O) groups is 1. The molecule has 4 nitrogen and oxygen atoms in total. The van der Waals surface area contributed by atoms with Gasteiger partial charge in [0, 0.05) is 13.1 Å². The molecule has 1 N–H and O–H groups in total. The average molecular weight is 295 g/mol. The Kier molecular flexibility index (Phi) is 5.17. The van der Waals surface area contributed by atoms with E-state index in [-0.39, 0.29) is 5.82 Å². The molecule has 0 aromatic heterocycles. The smallest absolute Gasteiger partial charge is 0.310 e. The minimum absolute atomic E-state index is 0.274. The zero-order chi connectivity index (χ0) is 15.3. The van der Waals surface area contributed by atoms with E-state index in [1.807, 2.05) is 6.92 Å². The first-order valence-electron chi connectivity index (χ1n) is 7.34. The SMILES string of the molecule is CC1(C(=O)O)CCCN(CCCOc2ccc(F)cc2)C1. The van der Waals surface area contributed by atoms with Crippen LogP contribution < -0.4 is 4.74 Å². The molecule has 5 heteroatoms. The molecule has 1 aliphatic rings. The highest BCUT2D eigenvalue weighted by molar-refractivity contribution is 5.74. The number of hydrogen-bond donors (Lipinski definition) is 1. The van der Waals surface area contributed by atoms with Gasteiger partial charge in [-0.05, 0) is 57.0 Å². The number of likely N-dealkylation sites (tertiary alicyclic amines) is 1. The van der Waals surface area contributed by atoms with Crippen LogP contribution >= 0.6 is 0 Å². The van der Waals surface area contributed by atoms with E-state index in [1.165, 1.54) is 12.1 Å². The van der Waals surface area contributed by atoms with E-state index in [0.717, 1.165) is 32.4 Å². The van der Waals surface area contributed by atoms with Crippen molar-refractivity contribution in [2.75, 3.05) is 26.2 Å². The molecule has 0 spiro atoms. The van der Waals surface area contributed by atoms with Crippen molar-refractivity contribution in [2.24, 2.45) is 5.41 Å². The fourth-order valence-electron chi connectivity index (χ4n) is 2.72. The number of rotatable bonds is 6. The summed E-state index contributed by atoms with van der Waals surface area (Å²) < 4.78 is 18.3. The molecule has 21 heavy (non-hydrogen) atoms. The molecule has 0 radical (unpaired) electrons. The maximum atomic E-state index is 12.7. The second kappa shape index (κ2) is 6.89. The van der Waals surface area contributed by atoms with E-state index >= 15 is 0 Å². The Labute approximate surface area is 124 Å². The van der Waals surface area contributed by atoms with Gasteiger partial charge in [0.2, 0.25) is 0 Å². The lowest BCUT2D eigenvalue weighted by atomic mass is 9.82. The average Bonchev–Trinajstić information content (AvgIpc) is 2.45. The third kappa shape index (κ3) is 4.43. The van der Waals surface area contributed by atoms with Crippen molar-refractivity contribution < 1.29 is 19.0 Å². The Morgan fingerprint density at radius 1 is 1.43 bits per heavy atom. The summed E-state index contributed by atoms with van der Waals surface area (Å²) in [4.78, 5) is 13.5. The Bertz CT molecular complexity index is 477.